The number of hydrogen-bond acceptors (Lipinski definition) is 6. The van der Waals surface area contributed by atoms with Gasteiger partial charge in [0.2, 0.25) is 11.5 Å². The minimum Gasteiger partial charge on any atom is -0.504 e. The van der Waals surface area contributed by atoms with Gasteiger partial charge in [0.15, 0.2) is 23.0 Å². The van der Waals surface area contributed by atoms with E-state index in [1.807, 2.05) is 0 Å². The number of benzene rings is 2. The van der Waals surface area contributed by atoms with Crippen LogP contribution in [0.3, 0.4) is 0 Å². The molecule has 0 amide bonds. The molecular weight excluding hydrogens is 360 g/mol. The van der Waals surface area contributed by atoms with Crippen LogP contribution in [-0.4, -0.2) is 40.7 Å². The van der Waals surface area contributed by atoms with E-state index in [2.05, 4.69) is 18.7 Å². The lowest BCUT2D eigenvalue weighted by molar-refractivity contribution is 0.324. The molecule has 1 aliphatic rings. The fraction of sp³-hybridized carbons (Fsp3) is 0.273. The highest BCUT2D eigenvalue weighted by Gasteiger charge is 2.20. The molecule has 2 aromatic carbocycles. The van der Waals surface area contributed by atoms with E-state index in [1.54, 1.807) is 24.3 Å². The lowest BCUT2D eigenvalue weighted by atomic mass is 9.97. The van der Waals surface area contributed by atoms with Crippen LogP contribution in [0.1, 0.15) is 17.5 Å². The highest BCUT2D eigenvalue weighted by molar-refractivity contribution is 5.85. The Kier molecular flexibility index (Phi) is 7.21. The van der Waals surface area contributed by atoms with E-state index in [9.17, 15) is 5.11 Å². The van der Waals surface area contributed by atoms with Gasteiger partial charge in [0.05, 0.1) is 35.5 Å². The average molecular weight is 386 g/mol. The monoisotopic (exact) mass is 386 g/mol. The van der Waals surface area contributed by atoms with Crippen LogP contribution in [0.5, 0.6) is 34.5 Å². The number of rotatable bonds is 7. The van der Waals surface area contributed by atoms with Gasteiger partial charge in [-0.05, 0) is 41.8 Å². The highest BCUT2D eigenvalue weighted by Crippen LogP contribution is 2.45. The van der Waals surface area contributed by atoms with Gasteiger partial charge in [-0.3, -0.25) is 0 Å². The Balaban J connectivity index is 0.000000849. The van der Waals surface area contributed by atoms with Crippen molar-refractivity contribution in [1.29, 1.82) is 0 Å². The molecule has 0 spiro atoms. The Morgan fingerprint density at radius 1 is 0.786 bits per heavy atom. The largest absolute Gasteiger partial charge is 0.504 e. The number of hydrogen-bond donors (Lipinski definition) is 1. The number of allylic oxidation sites excluding steroid dienone is 2. The van der Waals surface area contributed by atoms with Crippen LogP contribution in [0.15, 0.2) is 43.0 Å². The topological polar surface area (TPSA) is 66.4 Å². The lowest BCUT2D eigenvalue weighted by Crippen LogP contribution is -1.98. The second kappa shape index (κ2) is 9.60. The molecule has 3 rings (SSSR count). The Morgan fingerprint density at radius 2 is 1.29 bits per heavy atom. The van der Waals surface area contributed by atoms with Gasteiger partial charge in [0.1, 0.15) is 0 Å². The van der Waals surface area contributed by atoms with Crippen molar-refractivity contribution in [2.75, 3.05) is 35.5 Å². The van der Waals surface area contributed by atoms with Crippen LogP contribution in [0.2, 0.25) is 0 Å². The standard InChI is InChI=1S/C19H22O6.C3H4/c1-11(13-7-8-14(21-2)19(25-6)17(13)20)12-9-15(22-3)18(24-5)16(10-12)23-4;1-2-3-1/h7-10,20H,1H2,2-6H3;1-2H,3H2. The first-order valence-corrected chi connectivity index (χ1v) is 8.60. The molecule has 0 radical (unpaired) electrons. The molecule has 0 heterocycles. The van der Waals surface area contributed by atoms with Crippen molar-refractivity contribution in [3.8, 4) is 34.5 Å². The molecule has 0 unspecified atom stereocenters. The first kappa shape index (κ1) is 21.0. The van der Waals surface area contributed by atoms with Gasteiger partial charge in [-0.2, -0.15) is 0 Å². The summed E-state index contributed by atoms with van der Waals surface area (Å²) in [6.45, 7) is 4.08. The average Bonchev–Trinajstić information content (AvgIpc) is 3.61. The molecule has 6 heteroatoms. The number of aromatic hydroxyl groups is 1. The van der Waals surface area contributed by atoms with Gasteiger partial charge < -0.3 is 28.8 Å². The maximum absolute atomic E-state index is 10.5. The molecule has 0 fully saturated rings. The third-order valence-corrected chi connectivity index (χ3v) is 4.09. The molecular formula is C22H26O6. The Hall–Kier alpha value is -3.28. The van der Waals surface area contributed by atoms with Crippen molar-refractivity contribution in [2.24, 2.45) is 0 Å². The van der Waals surface area contributed by atoms with Crippen molar-refractivity contribution in [3.63, 3.8) is 0 Å². The Labute approximate surface area is 165 Å². The molecule has 0 atom stereocenters. The van der Waals surface area contributed by atoms with Crippen molar-refractivity contribution in [2.45, 2.75) is 6.42 Å². The smallest absolute Gasteiger partial charge is 0.203 e. The molecule has 6 nitrogen and oxygen atoms in total. The van der Waals surface area contributed by atoms with Crippen molar-refractivity contribution in [3.05, 3.63) is 54.1 Å². The van der Waals surface area contributed by atoms with Gasteiger partial charge in [-0.15, -0.1) is 0 Å². The van der Waals surface area contributed by atoms with Crippen LogP contribution >= 0.6 is 0 Å². The van der Waals surface area contributed by atoms with Gasteiger partial charge >= 0.3 is 0 Å². The van der Waals surface area contributed by atoms with E-state index in [0.29, 0.717) is 39.7 Å². The molecule has 150 valence electrons. The summed E-state index contributed by atoms with van der Waals surface area (Å²) in [4.78, 5) is 0. The fourth-order valence-electron chi connectivity index (χ4n) is 2.56. The van der Waals surface area contributed by atoms with Crippen molar-refractivity contribution >= 4 is 5.57 Å². The predicted octanol–water partition coefficient (Wildman–Crippen LogP) is 4.44. The van der Waals surface area contributed by atoms with Crippen LogP contribution < -0.4 is 23.7 Å². The molecule has 1 aliphatic carbocycles. The summed E-state index contributed by atoms with van der Waals surface area (Å²) in [6.07, 6.45) is 5.50. The SMILES string of the molecule is C1=CC1.C=C(c1cc(OC)c(OC)c(OC)c1)c1ccc(OC)c(OC)c1O. The molecule has 0 aliphatic heterocycles. The first-order valence-electron chi connectivity index (χ1n) is 8.60. The first-order chi connectivity index (χ1) is 13.5. The van der Waals surface area contributed by atoms with Gasteiger partial charge in [-0.1, -0.05) is 18.7 Å². The van der Waals surface area contributed by atoms with Gasteiger partial charge in [0, 0.05) is 5.56 Å². The molecule has 0 bridgehead atoms. The quantitative estimate of drug-likeness (QED) is 0.710. The third kappa shape index (κ3) is 4.52. The third-order valence-electron chi connectivity index (χ3n) is 4.09. The maximum atomic E-state index is 10.5. The lowest BCUT2D eigenvalue weighted by Gasteiger charge is -2.17. The zero-order valence-corrected chi connectivity index (χ0v) is 16.9. The minimum atomic E-state index is -0.0550. The summed E-state index contributed by atoms with van der Waals surface area (Å²) in [5.74, 6) is 2.10. The van der Waals surface area contributed by atoms with E-state index in [0.717, 1.165) is 0 Å². The van der Waals surface area contributed by atoms with E-state index >= 15 is 0 Å². The van der Waals surface area contributed by atoms with E-state index in [-0.39, 0.29) is 11.5 Å². The van der Waals surface area contributed by atoms with Crippen molar-refractivity contribution < 1.29 is 28.8 Å². The van der Waals surface area contributed by atoms with E-state index < -0.39 is 0 Å². The summed E-state index contributed by atoms with van der Waals surface area (Å²) in [7, 11) is 7.58. The normalized spacial score (nSPS) is 11.0. The van der Waals surface area contributed by atoms with E-state index in [1.165, 1.54) is 42.0 Å². The van der Waals surface area contributed by atoms with E-state index in [4.69, 9.17) is 23.7 Å². The molecule has 1 N–H and O–H groups in total. The number of methoxy groups -OCH3 is 5. The van der Waals surface area contributed by atoms with Gasteiger partial charge in [0.25, 0.3) is 0 Å². The van der Waals surface area contributed by atoms with Crippen LogP contribution in [0.25, 0.3) is 5.57 Å². The zero-order chi connectivity index (χ0) is 20.7. The Bertz CT molecular complexity index is 841. The second-order valence-electron chi connectivity index (χ2n) is 5.80. The number of phenols is 1. The summed E-state index contributed by atoms with van der Waals surface area (Å²) < 4.78 is 26.5. The minimum absolute atomic E-state index is 0.0550. The number of phenolic OH excluding ortho intramolecular Hbond substituents is 1. The molecule has 0 aromatic heterocycles. The molecule has 0 saturated carbocycles. The Morgan fingerprint density at radius 3 is 1.68 bits per heavy atom. The predicted molar refractivity (Wildman–Crippen MR) is 109 cm³/mol. The summed E-state index contributed by atoms with van der Waals surface area (Å²) >= 11 is 0. The molecule has 28 heavy (non-hydrogen) atoms. The van der Waals surface area contributed by atoms with Crippen LogP contribution in [0.4, 0.5) is 0 Å². The fourth-order valence-corrected chi connectivity index (χ4v) is 2.56. The maximum Gasteiger partial charge on any atom is 0.203 e. The highest BCUT2D eigenvalue weighted by atomic mass is 16.5. The summed E-state index contributed by atoms with van der Waals surface area (Å²) in [6, 6.07) is 6.94. The van der Waals surface area contributed by atoms with Crippen molar-refractivity contribution in [1.82, 2.24) is 0 Å². The second-order valence-corrected chi connectivity index (χ2v) is 5.80. The molecule has 2 aromatic rings. The van der Waals surface area contributed by atoms with Crippen LogP contribution in [-0.2, 0) is 0 Å². The summed E-state index contributed by atoms with van der Waals surface area (Å²) in [5.41, 5.74) is 1.78. The van der Waals surface area contributed by atoms with Gasteiger partial charge in [-0.25, -0.2) is 0 Å². The summed E-state index contributed by atoms with van der Waals surface area (Å²) in [5, 5.41) is 10.5. The number of ether oxygens (including phenoxy) is 5. The van der Waals surface area contributed by atoms with Crippen LogP contribution in [0, 0.1) is 0 Å². The molecule has 0 saturated heterocycles. The zero-order valence-electron chi connectivity index (χ0n) is 16.9.